The molecule has 1 N–H and O–H groups in total. The number of aryl methyl sites for hydroxylation is 1. The van der Waals surface area contributed by atoms with Gasteiger partial charge in [-0.3, -0.25) is 4.68 Å². The molecule has 0 saturated carbocycles. The summed E-state index contributed by atoms with van der Waals surface area (Å²) in [4.78, 5) is 12.3. The predicted molar refractivity (Wildman–Crippen MR) is 139 cm³/mol. The topological polar surface area (TPSA) is 99.8 Å². The molecule has 5 rings (SSSR count). The van der Waals surface area contributed by atoms with Crippen LogP contribution in [-0.4, -0.2) is 63.5 Å². The summed E-state index contributed by atoms with van der Waals surface area (Å²) in [5.74, 6) is 0.0807. The molecule has 0 bridgehead atoms. The number of hydrogen-bond acceptors (Lipinski definition) is 7. The second kappa shape index (κ2) is 10.6. The number of rotatable bonds is 6. The van der Waals surface area contributed by atoms with E-state index < -0.39 is 23.1 Å². The van der Waals surface area contributed by atoms with Gasteiger partial charge in [0, 0.05) is 61.7 Å². The zero-order valence-electron chi connectivity index (χ0n) is 20.5. The molecular formula is C24H24ClF3N8OS. The van der Waals surface area contributed by atoms with E-state index in [1.165, 1.54) is 12.5 Å². The van der Waals surface area contributed by atoms with Crippen LogP contribution in [0.5, 0.6) is 0 Å². The summed E-state index contributed by atoms with van der Waals surface area (Å²) < 4.78 is 58.3. The molecule has 4 heterocycles. The maximum absolute atomic E-state index is 13.9. The van der Waals surface area contributed by atoms with Crippen LogP contribution < -0.4 is 5.32 Å². The van der Waals surface area contributed by atoms with Crippen LogP contribution in [0, 0.1) is 0 Å². The van der Waals surface area contributed by atoms with Gasteiger partial charge in [-0.2, -0.15) is 18.3 Å². The lowest BCUT2D eigenvalue weighted by molar-refractivity contribution is -0.137. The summed E-state index contributed by atoms with van der Waals surface area (Å²) in [6.45, 7) is 1.22. The lowest BCUT2D eigenvalue weighted by Gasteiger charge is -2.31. The van der Waals surface area contributed by atoms with Gasteiger partial charge in [0.1, 0.15) is 29.5 Å². The van der Waals surface area contributed by atoms with Gasteiger partial charge in [0.15, 0.2) is 0 Å². The van der Waals surface area contributed by atoms with Crippen molar-refractivity contribution in [3.05, 3.63) is 59.8 Å². The van der Waals surface area contributed by atoms with Crippen LogP contribution >= 0.6 is 11.6 Å². The van der Waals surface area contributed by atoms with E-state index in [9.17, 15) is 17.7 Å². The van der Waals surface area contributed by atoms with E-state index in [2.05, 4.69) is 25.4 Å². The van der Waals surface area contributed by atoms with E-state index in [-0.39, 0.29) is 23.4 Å². The summed E-state index contributed by atoms with van der Waals surface area (Å²) in [5, 5.41) is 7.68. The minimum Gasteiger partial charge on any atom is -0.598 e. The highest BCUT2D eigenvalue weighted by Crippen LogP contribution is 2.36. The molecule has 200 valence electrons. The van der Waals surface area contributed by atoms with E-state index in [0.717, 1.165) is 17.5 Å². The smallest absolute Gasteiger partial charge is 0.420 e. The molecule has 0 amide bonds. The molecule has 4 aromatic rings. The minimum absolute atomic E-state index is 0.0331. The first-order chi connectivity index (χ1) is 18.1. The van der Waals surface area contributed by atoms with Crippen molar-refractivity contribution in [1.29, 1.82) is 0 Å². The van der Waals surface area contributed by atoms with Gasteiger partial charge in [-0.05, 0) is 31.0 Å². The molecule has 1 aromatic carbocycles. The van der Waals surface area contributed by atoms with E-state index in [0.29, 0.717) is 36.6 Å². The van der Waals surface area contributed by atoms with Crippen LogP contribution in [0.2, 0.25) is 5.02 Å². The molecular weight excluding hydrogens is 541 g/mol. The Balaban J connectivity index is 1.42. The third-order valence-corrected chi connectivity index (χ3v) is 7.81. The molecule has 0 radical (unpaired) electrons. The Morgan fingerprint density at radius 2 is 1.92 bits per heavy atom. The number of nitrogens with zero attached hydrogens (tertiary/aromatic N) is 7. The van der Waals surface area contributed by atoms with Crippen molar-refractivity contribution in [2.75, 3.05) is 24.7 Å². The number of halogens is 4. The number of aromatic nitrogens is 6. The molecule has 1 unspecified atom stereocenters. The van der Waals surface area contributed by atoms with Crippen molar-refractivity contribution in [1.82, 2.24) is 33.6 Å². The van der Waals surface area contributed by atoms with Gasteiger partial charge in [-0.15, -0.1) is 4.31 Å². The molecule has 9 nitrogen and oxygen atoms in total. The van der Waals surface area contributed by atoms with Crippen molar-refractivity contribution in [3.63, 3.8) is 0 Å². The number of benzene rings is 1. The summed E-state index contributed by atoms with van der Waals surface area (Å²) in [6.07, 6.45) is 3.60. The maximum Gasteiger partial charge on any atom is 0.420 e. The van der Waals surface area contributed by atoms with Crippen LogP contribution in [0.25, 0.3) is 28.3 Å². The Morgan fingerprint density at radius 1 is 1.16 bits per heavy atom. The highest BCUT2D eigenvalue weighted by molar-refractivity contribution is 7.88. The average molecular weight is 565 g/mol. The van der Waals surface area contributed by atoms with Crippen molar-refractivity contribution >= 4 is 28.9 Å². The van der Waals surface area contributed by atoms with E-state index in [1.807, 2.05) is 23.5 Å². The summed E-state index contributed by atoms with van der Waals surface area (Å²) >= 11 is 5.48. The Morgan fingerprint density at radius 3 is 2.55 bits per heavy atom. The molecule has 14 heteroatoms. The zero-order valence-corrected chi connectivity index (χ0v) is 22.1. The third-order valence-electron chi connectivity index (χ3n) is 6.41. The maximum atomic E-state index is 13.9. The Kier molecular flexibility index (Phi) is 7.36. The fourth-order valence-electron chi connectivity index (χ4n) is 4.40. The standard InChI is InChI=1S/C24H24ClF3N8OS/c1-34-20(5-8-31-34)15-3-4-21(18(25)11-15)35-13-19(30-14-35)22-17(24(26,27)28)12-29-23(33-22)32-16-6-9-36(10-7-16)38(2)37/h3-5,8,11-14,16H,6-7,9-10H2,1-2H3,(H,29,32,33). The molecule has 0 aliphatic carbocycles. The highest BCUT2D eigenvalue weighted by atomic mass is 35.5. The molecule has 38 heavy (non-hydrogen) atoms. The van der Waals surface area contributed by atoms with Gasteiger partial charge in [-0.25, -0.2) is 15.0 Å². The molecule has 1 saturated heterocycles. The first-order valence-corrected chi connectivity index (χ1v) is 13.6. The fourth-order valence-corrected chi connectivity index (χ4v) is 5.41. The van der Waals surface area contributed by atoms with Gasteiger partial charge in [0.25, 0.3) is 0 Å². The molecule has 1 atom stereocenters. The second-order valence-electron chi connectivity index (χ2n) is 8.90. The van der Waals surface area contributed by atoms with Gasteiger partial charge < -0.3 is 14.4 Å². The van der Waals surface area contributed by atoms with Gasteiger partial charge >= 0.3 is 6.18 Å². The first-order valence-electron chi connectivity index (χ1n) is 11.7. The van der Waals surface area contributed by atoms with E-state index in [4.69, 9.17) is 11.6 Å². The highest BCUT2D eigenvalue weighted by Gasteiger charge is 2.36. The predicted octanol–water partition coefficient (Wildman–Crippen LogP) is 4.57. The van der Waals surface area contributed by atoms with Crippen molar-refractivity contribution in [3.8, 4) is 28.3 Å². The van der Waals surface area contributed by atoms with Crippen molar-refractivity contribution in [2.24, 2.45) is 7.05 Å². The van der Waals surface area contributed by atoms with Crippen LogP contribution in [0.15, 0.2) is 49.2 Å². The first kappa shape index (κ1) is 26.5. The lowest BCUT2D eigenvalue weighted by atomic mass is 10.1. The Labute approximate surface area is 225 Å². The number of alkyl halides is 3. The minimum atomic E-state index is -4.67. The number of hydrogen-bond donors (Lipinski definition) is 1. The molecule has 1 aliphatic heterocycles. The quantitative estimate of drug-likeness (QED) is 0.342. The monoisotopic (exact) mass is 564 g/mol. The number of imidazole rings is 1. The van der Waals surface area contributed by atoms with E-state index in [1.54, 1.807) is 33.8 Å². The lowest BCUT2D eigenvalue weighted by Crippen LogP contribution is -2.42. The van der Waals surface area contributed by atoms with Gasteiger partial charge in [0.2, 0.25) is 5.95 Å². The SMILES string of the molecule is Cn1nccc1-c1ccc(-n2cnc(-c3nc(NC4CCN([S+](C)[O-])CC4)ncc3C(F)(F)F)c2)c(Cl)c1. The van der Waals surface area contributed by atoms with Gasteiger partial charge in [0.05, 0.1) is 16.4 Å². The largest absolute Gasteiger partial charge is 0.598 e. The van der Waals surface area contributed by atoms with E-state index >= 15 is 0 Å². The molecule has 1 aliphatic rings. The molecule has 0 spiro atoms. The van der Waals surface area contributed by atoms with Crippen LogP contribution in [0.4, 0.5) is 19.1 Å². The average Bonchev–Trinajstić information content (AvgIpc) is 3.53. The summed E-state index contributed by atoms with van der Waals surface area (Å²) in [6, 6.07) is 7.19. The second-order valence-corrected chi connectivity index (χ2v) is 10.7. The number of piperidine rings is 1. The Hall–Kier alpha value is -3.13. The van der Waals surface area contributed by atoms with Crippen molar-refractivity contribution in [2.45, 2.75) is 25.1 Å². The fraction of sp³-hybridized carbons (Fsp3) is 0.333. The Bertz CT molecular complexity index is 1430. The molecule has 3 aromatic heterocycles. The summed E-state index contributed by atoms with van der Waals surface area (Å²) in [7, 11) is 1.82. The third kappa shape index (κ3) is 5.51. The molecule has 1 fully saturated rings. The van der Waals surface area contributed by atoms with Crippen LogP contribution in [0.3, 0.4) is 0 Å². The number of anilines is 1. The zero-order chi connectivity index (χ0) is 27.0. The van der Waals surface area contributed by atoms with Crippen molar-refractivity contribution < 1.29 is 17.7 Å². The van der Waals surface area contributed by atoms with Crippen LogP contribution in [-0.2, 0) is 24.6 Å². The number of nitrogens with one attached hydrogen (secondary N) is 1. The van der Waals surface area contributed by atoms with Gasteiger partial charge in [-0.1, -0.05) is 17.7 Å². The van der Waals surface area contributed by atoms with Crippen LogP contribution in [0.1, 0.15) is 18.4 Å². The summed E-state index contributed by atoms with van der Waals surface area (Å²) in [5.41, 5.74) is 0.990. The normalized spacial score (nSPS) is 16.1.